The van der Waals surface area contributed by atoms with Crippen molar-refractivity contribution in [3.63, 3.8) is 0 Å². The van der Waals surface area contributed by atoms with Crippen molar-refractivity contribution in [1.82, 2.24) is 9.80 Å². The maximum atomic E-state index is 12.6. The molecule has 0 aliphatic heterocycles. The molecule has 2 aliphatic rings. The van der Waals surface area contributed by atoms with E-state index in [1.165, 1.54) is 19.3 Å². The Morgan fingerprint density at radius 2 is 1.58 bits per heavy atom. The minimum absolute atomic E-state index is 0.0701. The molecule has 0 unspecified atom stereocenters. The summed E-state index contributed by atoms with van der Waals surface area (Å²) in [6.45, 7) is 2.50. The number of rotatable bonds is 5. The highest BCUT2D eigenvalue weighted by atomic mass is 16.4. The second kappa shape index (κ2) is 6.26. The van der Waals surface area contributed by atoms with Crippen molar-refractivity contribution in [3.8, 4) is 0 Å². The molecule has 108 valence electrons. The van der Waals surface area contributed by atoms with Gasteiger partial charge in [0.25, 0.3) is 0 Å². The van der Waals surface area contributed by atoms with Crippen molar-refractivity contribution in [2.45, 2.75) is 64.0 Å². The first-order chi connectivity index (χ1) is 9.13. The molecule has 2 amide bonds. The number of carbonyl (C=O) groups is 2. The minimum Gasteiger partial charge on any atom is -0.480 e. The van der Waals surface area contributed by atoms with Gasteiger partial charge < -0.3 is 14.9 Å². The fraction of sp³-hybridized carbons (Fsp3) is 0.857. The molecule has 19 heavy (non-hydrogen) atoms. The van der Waals surface area contributed by atoms with Gasteiger partial charge in [-0.15, -0.1) is 0 Å². The maximum absolute atomic E-state index is 12.6. The van der Waals surface area contributed by atoms with E-state index in [1.54, 1.807) is 4.90 Å². The summed E-state index contributed by atoms with van der Waals surface area (Å²) in [6, 6.07) is 0.391. The van der Waals surface area contributed by atoms with Gasteiger partial charge in [-0.25, -0.2) is 4.79 Å². The molecule has 0 aromatic rings. The van der Waals surface area contributed by atoms with Crippen LogP contribution in [0.15, 0.2) is 0 Å². The van der Waals surface area contributed by atoms with Crippen LogP contribution >= 0.6 is 0 Å². The molecular weight excluding hydrogens is 244 g/mol. The lowest BCUT2D eigenvalue weighted by molar-refractivity contribution is -0.137. The predicted octanol–water partition coefficient (Wildman–Crippen LogP) is 2.31. The Kier molecular flexibility index (Phi) is 4.66. The molecule has 0 aromatic carbocycles. The fourth-order valence-corrected chi connectivity index (χ4v) is 2.99. The minimum atomic E-state index is -0.917. The summed E-state index contributed by atoms with van der Waals surface area (Å²) in [5.41, 5.74) is 0. The summed E-state index contributed by atoms with van der Waals surface area (Å²) in [4.78, 5) is 26.9. The first-order valence-corrected chi connectivity index (χ1v) is 7.42. The third kappa shape index (κ3) is 3.61. The van der Waals surface area contributed by atoms with Crippen LogP contribution in [0.4, 0.5) is 4.79 Å². The van der Waals surface area contributed by atoms with Crippen LogP contribution in [-0.4, -0.2) is 52.1 Å². The monoisotopic (exact) mass is 268 g/mol. The highest BCUT2D eigenvalue weighted by Crippen LogP contribution is 2.30. The normalized spacial score (nSPS) is 20.1. The van der Waals surface area contributed by atoms with Crippen molar-refractivity contribution in [2.24, 2.45) is 0 Å². The van der Waals surface area contributed by atoms with Gasteiger partial charge in [-0.05, 0) is 32.6 Å². The van der Waals surface area contributed by atoms with Crippen LogP contribution in [0, 0.1) is 0 Å². The second-order valence-corrected chi connectivity index (χ2v) is 5.61. The van der Waals surface area contributed by atoms with E-state index in [1.807, 2.05) is 11.8 Å². The first kappa shape index (κ1) is 14.2. The fourth-order valence-electron chi connectivity index (χ4n) is 2.99. The zero-order chi connectivity index (χ0) is 13.8. The van der Waals surface area contributed by atoms with Crippen molar-refractivity contribution in [2.75, 3.05) is 13.1 Å². The smallest absolute Gasteiger partial charge is 0.323 e. The van der Waals surface area contributed by atoms with Gasteiger partial charge in [-0.3, -0.25) is 4.79 Å². The van der Waals surface area contributed by atoms with E-state index >= 15 is 0 Å². The van der Waals surface area contributed by atoms with Crippen molar-refractivity contribution < 1.29 is 14.7 Å². The molecule has 0 spiro atoms. The van der Waals surface area contributed by atoms with Gasteiger partial charge in [0.1, 0.15) is 6.54 Å². The molecular formula is C14H24N2O3. The molecule has 2 saturated carbocycles. The third-order valence-corrected chi connectivity index (χ3v) is 4.14. The van der Waals surface area contributed by atoms with Gasteiger partial charge in [-0.2, -0.15) is 0 Å². The Labute approximate surface area is 114 Å². The molecule has 2 aliphatic carbocycles. The molecule has 1 N–H and O–H groups in total. The number of carboxylic acid groups (broad SMARTS) is 1. The van der Waals surface area contributed by atoms with E-state index in [4.69, 9.17) is 5.11 Å². The number of carboxylic acids is 1. The van der Waals surface area contributed by atoms with Crippen LogP contribution in [0.2, 0.25) is 0 Å². The van der Waals surface area contributed by atoms with E-state index in [-0.39, 0.29) is 18.6 Å². The number of hydrogen-bond acceptors (Lipinski definition) is 2. The highest BCUT2D eigenvalue weighted by molar-refractivity contribution is 5.81. The van der Waals surface area contributed by atoms with Crippen LogP contribution in [0.1, 0.15) is 51.9 Å². The molecule has 0 aromatic heterocycles. The summed E-state index contributed by atoms with van der Waals surface area (Å²) in [5.74, 6) is -0.917. The lowest BCUT2D eigenvalue weighted by Gasteiger charge is -2.37. The van der Waals surface area contributed by atoms with Gasteiger partial charge >= 0.3 is 12.0 Å². The number of hydrogen-bond donors (Lipinski definition) is 1. The maximum Gasteiger partial charge on any atom is 0.323 e. The molecule has 2 rings (SSSR count). The van der Waals surface area contributed by atoms with Gasteiger partial charge in [-0.1, -0.05) is 19.3 Å². The topological polar surface area (TPSA) is 60.9 Å². The molecule has 0 saturated heterocycles. The molecule has 0 radical (unpaired) electrons. The van der Waals surface area contributed by atoms with Crippen molar-refractivity contribution >= 4 is 12.0 Å². The van der Waals surface area contributed by atoms with Gasteiger partial charge in [0.05, 0.1) is 0 Å². The zero-order valence-corrected chi connectivity index (χ0v) is 11.7. The Morgan fingerprint density at radius 3 is 2.05 bits per heavy atom. The lowest BCUT2D eigenvalue weighted by atomic mass is 9.94. The first-order valence-electron chi connectivity index (χ1n) is 7.42. The van der Waals surface area contributed by atoms with E-state index in [0.717, 1.165) is 25.7 Å². The van der Waals surface area contributed by atoms with Gasteiger partial charge in [0.2, 0.25) is 0 Å². The number of amides is 2. The van der Waals surface area contributed by atoms with E-state index in [2.05, 4.69) is 0 Å². The van der Waals surface area contributed by atoms with Crippen LogP contribution in [0.5, 0.6) is 0 Å². The van der Waals surface area contributed by atoms with Gasteiger partial charge in [0, 0.05) is 18.6 Å². The Bertz CT molecular complexity index is 336. The van der Waals surface area contributed by atoms with Crippen LogP contribution in [0.25, 0.3) is 0 Å². The third-order valence-electron chi connectivity index (χ3n) is 4.14. The van der Waals surface area contributed by atoms with E-state index in [9.17, 15) is 9.59 Å². The average molecular weight is 268 g/mol. The number of aliphatic carboxylic acids is 1. The number of carbonyl (C=O) groups excluding carboxylic acids is 1. The average Bonchev–Trinajstić information content (AvgIpc) is 3.22. The highest BCUT2D eigenvalue weighted by Gasteiger charge is 2.37. The molecule has 2 fully saturated rings. The van der Waals surface area contributed by atoms with Crippen molar-refractivity contribution in [1.29, 1.82) is 0 Å². The predicted molar refractivity (Wildman–Crippen MR) is 72.0 cm³/mol. The largest absolute Gasteiger partial charge is 0.480 e. The Morgan fingerprint density at radius 1 is 1.00 bits per heavy atom. The number of urea groups is 1. The summed E-state index contributed by atoms with van der Waals surface area (Å²) >= 11 is 0. The van der Waals surface area contributed by atoms with Crippen molar-refractivity contribution in [3.05, 3.63) is 0 Å². The molecule has 0 bridgehead atoms. The molecule has 5 heteroatoms. The standard InChI is InChI=1S/C14H24N2O3/c1-2-15(11-6-4-3-5-7-11)14(19)16(10-13(17)18)12-8-9-12/h11-12H,2-10H2,1H3,(H,17,18). The summed E-state index contributed by atoms with van der Waals surface area (Å²) < 4.78 is 0. The van der Waals surface area contributed by atoms with E-state index in [0.29, 0.717) is 12.6 Å². The van der Waals surface area contributed by atoms with Crippen LogP contribution in [-0.2, 0) is 4.79 Å². The number of nitrogens with zero attached hydrogens (tertiary/aromatic N) is 2. The summed E-state index contributed by atoms with van der Waals surface area (Å²) in [5, 5.41) is 8.96. The van der Waals surface area contributed by atoms with Gasteiger partial charge in [0.15, 0.2) is 0 Å². The Hall–Kier alpha value is -1.26. The molecule has 0 atom stereocenters. The van der Waals surface area contributed by atoms with Crippen LogP contribution < -0.4 is 0 Å². The zero-order valence-electron chi connectivity index (χ0n) is 11.7. The second-order valence-electron chi connectivity index (χ2n) is 5.61. The Balaban J connectivity index is 2.02. The SMILES string of the molecule is CCN(C(=O)N(CC(=O)O)C1CC1)C1CCCCC1. The molecule has 5 nitrogen and oxygen atoms in total. The quantitative estimate of drug-likeness (QED) is 0.832. The lowest BCUT2D eigenvalue weighted by Crippen LogP contribution is -2.50. The molecule has 0 heterocycles. The van der Waals surface area contributed by atoms with Crippen LogP contribution in [0.3, 0.4) is 0 Å². The van der Waals surface area contributed by atoms with E-state index < -0.39 is 5.97 Å². The summed E-state index contributed by atoms with van der Waals surface area (Å²) in [7, 11) is 0. The summed E-state index contributed by atoms with van der Waals surface area (Å²) in [6.07, 6.45) is 7.62.